The van der Waals surface area contributed by atoms with Gasteiger partial charge in [-0.15, -0.1) is 0 Å². The van der Waals surface area contributed by atoms with Crippen molar-refractivity contribution in [2.75, 3.05) is 38.6 Å². The van der Waals surface area contributed by atoms with Crippen molar-refractivity contribution in [3.63, 3.8) is 0 Å². The zero-order valence-electron chi connectivity index (χ0n) is 15.0. The van der Waals surface area contributed by atoms with E-state index in [2.05, 4.69) is 5.32 Å². The molecule has 2 amide bonds. The minimum absolute atomic E-state index is 0.00841. The van der Waals surface area contributed by atoms with Gasteiger partial charge in [0.25, 0.3) is 0 Å². The van der Waals surface area contributed by atoms with Crippen LogP contribution in [0.2, 0.25) is 5.02 Å². The fourth-order valence-corrected chi connectivity index (χ4v) is 2.52. The van der Waals surface area contributed by atoms with E-state index in [0.29, 0.717) is 6.54 Å². The summed E-state index contributed by atoms with van der Waals surface area (Å²) < 4.78 is 38.9. The van der Waals surface area contributed by atoms with Crippen LogP contribution < -0.4 is 10.2 Å². The third-order valence-electron chi connectivity index (χ3n) is 3.61. The summed E-state index contributed by atoms with van der Waals surface area (Å²) in [6, 6.07) is 3.24. The lowest BCUT2D eigenvalue weighted by Crippen LogP contribution is -2.34. The Labute approximate surface area is 156 Å². The maximum absolute atomic E-state index is 13.0. The molecule has 1 aromatic carbocycles. The molecule has 0 saturated carbocycles. The highest BCUT2D eigenvalue weighted by atomic mass is 35.5. The Morgan fingerprint density at radius 2 is 1.85 bits per heavy atom. The van der Waals surface area contributed by atoms with E-state index in [1.54, 1.807) is 0 Å². The standard InChI is InChI=1S/C17H23ClF3N3O2/c1-12(25)24(10-7-16(26)22-8-4-9-23(2)3)13-5-6-15(18)14(11-13)17(19,20)21/h5-6,11H,4,7-10H2,1-3H3,(H,22,26). The Morgan fingerprint density at radius 1 is 1.19 bits per heavy atom. The lowest BCUT2D eigenvalue weighted by atomic mass is 10.1. The van der Waals surface area contributed by atoms with Crippen molar-refractivity contribution in [3.05, 3.63) is 28.8 Å². The minimum atomic E-state index is -4.63. The van der Waals surface area contributed by atoms with Gasteiger partial charge in [-0.2, -0.15) is 13.2 Å². The maximum Gasteiger partial charge on any atom is 0.417 e. The van der Waals surface area contributed by atoms with Crippen molar-refractivity contribution >= 4 is 29.1 Å². The van der Waals surface area contributed by atoms with Crippen LogP contribution in [0.4, 0.5) is 18.9 Å². The number of anilines is 1. The quantitative estimate of drug-likeness (QED) is 0.690. The topological polar surface area (TPSA) is 52.7 Å². The molecule has 146 valence electrons. The first kappa shape index (κ1) is 22.2. The summed E-state index contributed by atoms with van der Waals surface area (Å²) in [5.41, 5.74) is -0.967. The second-order valence-electron chi connectivity index (χ2n) is 6.09. The first-order valence-electron chi connectivity index (χ1n) is 8.08. The summed E-state index contributed by atoms with van der Waals surface area (Å²) in [4.78, 5) is 26.8. The summed E-state index contributed by atoms with van der Waals surface area (Å²) in [5.74, 6) is -0.721. The minimum Gasteiger partial charge on any atom is -0.356 e. The molecule has 9 heteroatoms. The number of hydrogen-bond donors (Lipinski definition) is 1. The summed E-state index contributed by atoms with van der Waals surface area (Å²) in [7, 11) is 3.85. The van der Waals surface area contributed by atoms with Crippen LogP contribution in [-0.4, -0.2) is 50.4 Å². The number of carbonyl (C=O) groups is 2. The summed E-state index contributed by atoms with van der Waals surface area (Å²) in [6.07, 6.45) is -3.85. The smallest absolute Gasteiger partial charge is 0.356 e. The monoisotopic (exact) mass is 393 g/mol. The van der Waals surface area contributed by atoms with E-state index in [9.17, 15) is 22.8 Å². The second kappa shape index (κ2) is 9.78. The van der Waals surface area contributed by atoms with Crippen molar-refractivity contribution in [1.29, 1.82) is 0 Å². The molecule has 0 aliphatic rings. The zero-order valence-corrected chi connectivity index (χ0v) is 15.7. The Hall–Kier alpha value is -1.80. The third kappa shape index (κ3) is 7.21. The molecule has 0 atom stereocenters. The number of rotatable bonds is 8. The van der Waals surface area contributed by atoms with Gasteiger partial charge in [0.05, 0.1) is 10.6 Å². The Morgan fingerprint density at radius 3 is 2.38 bits per heavy atom. The fraction of sp³-hybridized carbons (Fsp3) is 0.529. The van der Waals surface area contributed by atoms with Gasteiger partial charge in [-0.05, 0) is 45.3 Å². The Kier molecular flexibility index (Phi) is 8.36. The SMILES string of the molecule is CC(=O)N(CCC(=O)NCCCN(C)C)c1ccc(Cl)c(C(F)(F)F)c1. The van der Waals surface area contributed by atoms with Crippen LogP contribution in [0.15, 0.2) is 18.2 Å². The number of halogens is 4. The number of alkyl halides is 3. The van der Waals surface area contributed by atoms with E-state index >= 15 is 0 Å². The molecule has 0 spiro atoms. The van der Waals surface area contributed by atoms with Crippen LogP contribution >= 0.6 is 11.6 Å². The third-order valence-corrected chi connectivity index (χ3v) is 3.94. The van der Waals surface area contributed by atoms with Gasteiger partial charge in [0.2, 0.25) is 11.8 Å². The molecule has 0 heterocycles. The van der Waals surface area contributed by atoms with E-state index in [0.717, 1.165) is 30.0 Å². The lowest BCUT2D eigenvalue weighted by molar-refractivity contribution is -0.137. The van der Waals surface area contributed by atoms with Gasteiger partial charge >= 0.3 is 6.18 Å². The molecule has 0 fully saturated rings. The van der Waals surface area contributed by atoms with Gasteiger partial charge < -0.3 is 15.1 Å². The molecule has 1 N–H and O–H groups in total. The number of nitrogens with zero attached hydrogens (tertiary/aromatic N) is 2. The van der Waals surface area contributed by atoms with Crippen LogP contribution in [-0.2, 0) is 15.8 Å². The van der Waals surface area contributed by atoms with Gasteiger partial charge in [0, 0.05) is 32.1 Å². The molecule has 0 bridgehead atoms. The molecule has 0 aromatic heterocycles. The van der Waals surface area contributed by atoms with Gasteiger partial charge in [-0.3, -0.25) is 9.59 Å². The van der Waals surface area contributed by atoms with Crippen molar-refractivity contribution in [1.82, 2.24) is 10.2 Å². The lowest BCUT2D eigenvalue weighted by Gasteiger charge is -2.22. The average Bonchev–Trinajstić information content (AvgIpc) is 2.51. The maximum atomic E-state index is 13.0. The molecule has 0 aliphatic heterocycles. The van der Waals surface area contributed by atoms with Crippen molar-refractivity contribution in [3.8, 4) is 0 Å². The van der Waals surface area contributed by atoms with Crippen molar-refractivity contribution < 1.29 is 22.8 Å². The van der Waals surface area contributed by atoms with E-state index in [-0.39, 0.29) is 24.6 Å². The highest BCUT2D eigenvalue weighted by molar-refractivity contribution is 6.31. The number of amides is 2. The van der Waals surface area contributed by atoms with Gasteiger partial charge in [0.15, 0.2) is 0 Å². The number of carbonyl (C=O) groups excluding carboxylic acids is 2. The highest BCUT2D eigenvalue weighted by Gasteiger charge is 2.34. The Bertz CT molecular complexity index is 636. The van der Waals surface area contributed by atoms with Gasteiger partial charge in [0.1, 0.15) is 0 Å². The normalized spacial score (nSPS) is 11.5. The second-order valence-corrected chi connectivity index (χ2v) is 6.50. The fourth-order valence-electron chi connectivity index (χ4n) is 2.29. The molecule has 0 aliphatic carbocycles. The van der Waals surface area contributed by atoms with Crippen LogP contribution in [0.25, 0.3) is 0 Å². The van der Waals surface area contributed by atoms with E-state index in [4.69, 9.17) is 11.6 Å². The summed E-state index contributed by atoms with van der Waals surface area (Å²) >= 11 is 5.59. The molecule has 5 nitrogen and oxygen atoms in total. The van der Waals surface area contributed by atoms with Crippen LogP contribution in [0.5, 0.6) is 0 Å². The van der Waals surface area contributed by atoms with Crippen LogP contribution in [0.3, 0.4) is 0 Å². The largest absolute Gasteiger partial charge is 0.417 e. The zero-order chi connectivity index (χ0) is 19.9. The molecule has 0 radical (unpaired) electrons. The van der Waals surface area contributed by atoms with Crippen molar-refractivity contribution in [2.45, 2.75) is 25.9 Å². The predicted octanol–water partition coefficient (Wildman–Crippen LogP) is 3.17. The summed E-state index contributed by atoms with van der Waals surface area (Å²) in [5, 5.41) is 2.28. The predicted molar refractivity (Wildman–Crippen MR) is 95.3 cm³/mol. The molecular formula is C17H23ClF3N3O2. The number of hydrogen-bond acceptors (Lipinski definition) is 3. The molecule has 26 heavy (non-hydrogen) atoms. The first-order chi connectivity index (χ1) is 12.0. The number of nitrogens with one attached hydrogen (secondary N) is 1. The first-order valence-corrected chi connectivity index (χ1v) is 8.46. The highest BCUT2D eigenvalue weighted by Crippen LogP contribution is 2.37. The van der Waals surface area contributed by atoms with Gasteiger partial charge in [-0.1, -0.05) is 11.6 Å². The molecule has 1 aromatic rings. The van der Waals surface area contributed by atoms with E-state index < -0.39 is 22.7 Å². The average molecular weight is 394 g/mol. The molecular weight excluding hydrogens is 371 g/mol. The summed E-state index contributed by atoms with van der Waals surface area (Å²) in [6.45, 7) is 2.53. The molecule has 0 saturated heterocycles. The van der Waals surface area contributed by atoms with Crippen LogP contribution in [0, 0.1) is 0 Å². The van der Waals surface area contributed by atoms with Crippen LogP contribution in [0.1, 0.15) is 25.3 Å². The molecule has 1 rings (SSSR count). The van der Waals surface area contributed by atoms with E-state index in [1.165, 1.54) is 13.0 Å². The molecule has 0 unspecified atom stereocenters. The van der Waals surface area contributed by atoms with Gasteiger partial charge in [-0.25, -0.2) is 0 Å². The Balaban J connectivity index is 2.73. The van der Waals surface area contributed by atoms with E-state index in [1.807, 2.05) is 19.0 Å². The number of benzene rings is 1. The van der Waals surface area contributed by atoms with Crippen molar-refractivity contribution in [2.24, 2.45) is 0 Å².